The van der Waals surface area contributed by atoms with E-state index >= 15 is 0 Å². The van der Waals surface area contributed by atoms with Gasteiger partial charge in [-0.2, -0.15) is 0 Å². The molecule has 0 bridgehead atoms. The van der Waals surface area contributed by atoms with E-state index in [4.69, 9.17) is 26.2 Å². The Morgan fingerprint density at radius 2 is 2.03 bits per heavy atom. The first kappa shape index (κ1) is 22.3. The molecule has 162 valence electrons. The van der Waals surface area contributed by atoms with E-state index in [-0.39, 0.29) is 24.2 Å². The van der Waals surface area contributed by atoms with Gasteiger partial charge in [0.15, 0.2) is 17.2 Å². The van der Waals surface area contributed by atoms with Gasteiger partial charge in [0.2, 0.25) is 6.79 Å². The number of carbonyl (C=O) groups is 2. The van der Waals surface area contributed by atoms with Crippen LogP contribution in [0.25, 0.3) is 0 Å². The molecule has 0 spiro atoms. The maximum absolute atomic E-state index is 11.7. The molecule has 0 radical (unpaired) electrons. The van der Waals surface area contributed by atoms with Gasteiger partial charge in [0, 0.05) is 29.2 Å². The number of aromatic nitrogens is 2. The van der Waals surface area contributed by atoms with Crippen molar-refractivity contribution in [1.82, 2.24) is 9.97 Å². The molecule has 10 heteroatoms. The number of hydrogen-bond acceptors (Lipinski definition) is 6. The van der Waals surface area contributed by atoms with Crippen LogP contribution in [0.3, 0.4) is 0 Å². The second-order valence-electron chi connectivity index (χ2n) is 6.95. The van der Waals surface area contributed by atoms with Crippen LogP contribution in [0, 0.1) is 0 Å². The molecule has 1 unspecified atom stereocenters. The zero-order chi connectivity index (χ0) is 21.7. The van der Waals surface area contributed by atoms with Crippen LogP contribution in [-0.2, 0) is 17.6 Å². The normalized spacial score (nSPS) is 13.4. The van der Waals surface area contributed by atoms with Crippen molar-refractivity contribution in [3.63, 3.8) is 0 Å². The number of aromatic carboxylic acids is 1. The van der Waals surface area contributed by atoms with Gasteiger partial charge in [-0.1, -0.05) is 24.9 Å². The second kappa shape index (κ2) is 10.1. The number of nitrogens with zero attached hydrogens (tertiary/aromatic N) is 1. The van der Waals surface area contributed by atoms with Gasteiger partial charge >= 0.3 is 11.9 Å². The van der Waals surface area contributed by atoms with Gasteiger partial charge in [-0.05, 0) is 30.9 Å². The Morgan fingerprint density at radius 1 is 1.30 bits per heavy atom. The number of imidazole rings is 1. The predicted octanol–water partition coefficient (Wildman–Crippen LogP) is 4.40. The van der Waals surface area contributed by atoms with Crippen LogP contribution in [0.4, 0.5) is 0 Å². The quantitative estimate of drug-likeness (QED) is 0.427. The molecule has 8 nitrogen and oxygen atoms in total. The first-order chi connectivity index (χ1) is 14.4. The Labute approximate surface area is 182 Å². The van der Waals surface area contributed by atoms with Gasteiger partial charge in [-0.15, -0.1) is 11.8 Å². The Balaban J connectivity index is 1.83. The highest BCUT2D eigenvalue weighted by Gasteiger charge is 2.24. The molecule has 30 heavy (non-hydrogen) atoms. The third-order valence-corrected chi connectivity index (χ3v) is 6.25. The zero-order valence-electron chi connectivity index (χ0n) is 16.4. The molecule has 3 rings (SSSR count). The SMILES string of the molecule is CCCCc1nc(SC(CCC(=O)O)Cc2cc3c(cc2Cl)OCO3)c(C(=O)O)[nH]1. The molecular weight excluding hydrogens is 432 g/mol. The van der Waals surface area contributed by atoms with Crippen molar-refractivity contribution in [2.75, 3.05) is 6.79 Å². The first-order valence-corrected chi connectivity index (χ1v) is 10.9. The third kappa shape index (κ3) is 5.60. The Morgan fingerprint density at radius 3 is 2.70 bits per heavy atom. The average molecular weight is 455 g/mol. The highest BCUT2D eigenvalue weighted by atomic mass is 35.5. The molecule has 0 saturated heterocycles. The number of hydrogen-bond donors (Lipinski definition) is 3. The fourth-order valence-electron chi connectivity index (χ4n) is 3.10. The summed E-state index contributed by atoms with van der Waals surface area (Å²) in [7, 11) is 0. The minimum absolute atomic E-state index is 0.0308. The summed E-state index contributed by atoms with van der Waals surface area (Å²) in [5.74, 6) is -0.231. The number of carboxylic acids is 2. The summed E-state index contributed by atoms with van der Waals surface area (Å²) in [4.78, 5) is 30.1. The van der Waals surface area contributed by atoms with E-state index < -0.39 is 11.9 Å². The standard InChI is InChI=1S/C20H23ClN2O6S/c1-2-3-4-16-22-18(20(26)27)19(23-16)30-12(5-6-17(24)25)7-11-8-14-15(9-13(11)21)29-10-28-14/h8-9,12H,2-7,10H2,1H3,(H,22,23)(H,24,25)(H,26,27). The highest BCUT2D eigenvalue weighted by Crippen LogP contribution is 2.39. The van der Waals surface area contributed by atoms with E-state index in [1.807, 2.05) is 6.92 Å². The number of ether oxygens (including phenoxy) is 2. The number of H-pyrrole nitrogens is 1. The largest absolute Gasteiger partial charge is 0.481 e. The summed E-state index contributed by atoms with van der Waals surface area (Å²) >= 11 is 7.64. The molecule has 2 aromatic rings. The number of fused-ring (bicyclic) bond motifs is 1. The van der Waals surface area contributed by atoms with Gasteiger partial charge in [0.05, 0.1) is 0 Å². The molecule has 2 heterocycles. The maximum Gasteiger partial charge on any atom is 0.355 e. The number of thioether (sulfide) groups is 1. The van der Waals surface area contributed by atoms with Crippen LogP contribution in [0.15, 0.2) is 17.2 Å². The predicted molar refractivity (Wildman–Crippen MR) is 112 cm³/mol. The lowest BCUT2D eigenvalue weighted by atomic mass is 10.1. The molecule has 0 saturated carbocycles. The van der Waals surface area contributed by atoms with Gasteiger partial charge in [0.25, 0.3) is 0 Å². The summed E-state index contributed by atoms with van der Waals surface area (Å²) in [6, 6.07) is 3.46. The smallest absolute Gasteiger partial charge is 0.355 e. The van der Waals surface area contributed by atoms with Crippen LogP contribution in [0.2, 0.25) is 5.02 Å². The zero-order valence-corrected chi connectivity index (χ0v) is 18.0. The average Bonchev–Trinajstić information content (AvgIpc) is 3.31. The van der Waals surface area contributed by atoms with E-state index in [2.05, 4.69) is 9.97 Å². The second-order valence-corrected chi connectivity index (χ2v) is 8.64. The number of benzene rings is 1. The van der Waals surface area contributed by atoms with Crippen molar-refractivity contribution in [2.45, 2.75) is 55.7 Å². The molecule has 1 aliphatic heterocycles. The van der Waals surface area contributed by atoms with Gasteiger partial charge < -0.3 is 24.7 Å². The lowest BCUT2D eigenvalue weighted by molar-refractivity contribution is -0.137. The Bertz CT molecular complexity index is 932. The van der Waals surface area contributed by atoms with Crippen molar-refractivity contribution in [3.05, 3.63) is 34.2 Å². The lowest BCUT2D eigenvalue weighted by Gasteiger charge is -2.16. The molecule has 0 aliphatic carbocycles. The summed E-state index contributed by atoms with van der Waals surface area (Å²) in [6.07, 6.45) is 3.24. The van der Waals surface area contributed by atoms with Gasteiger partial charge in [-0.25, -0.2) is 9.78 Å². The number of unbranched alkanes of at least 4 members (excludes halogenated alkanes) is 1. The minimum atomic E-state index is -1.09. The summed E-state index contributed by atoms with van der Waals surface area (Å²) in [5, 5.41) is 19.3. The molecule has 1 aromatic carbocycles. The number of aromatic amines is 1. The van der Waals surface area contributed by atoms with Gasteiger partial charge in [-0.3, -0.25) is 4.79 Å². The van der Waals surface area contributed by atoms with Crippen molar-refractivity contribution < 1.29 is 29.3 Å². The number of aliphatic carboxylic acids is 1. The summed E-state index contributed by atoms with van der Waals surface area (Å²) < 4.78 is 10.7. The summed E-state index contributed by atoms with van der Waals surface area (Å²) in [5.41, 5.74) is 0.811. The van der Waals surface area contributed by atoms with Crippen molar-refractivity contribution >= 4 is 35.3 Å². The van der Waals surface area contributed by atoms with E-state index in [1.165, 1.54) is 11.8 Å². The van der Waals surface area contributed by atoms with Crippen molar-refractivity contribution in [2.24, 2.45) is 0 Å². The Kier molecular flexibility index (Phi) is 7.49. The molecule has 1 aromatic heterocycles. The Hall–Kier alpha value is -2.39. The van der Waals surface area contributed by atoms with Gasteiger partial charge in [0.1, 0.15) is 10.9 Å². The van der Waals surface area contributed by atoms with Crippen LogP contribution >= 0.6 is 23.4 Å². The summed E-state index contributed by atoms with van der Waals surface area (Å²) in [6.45, 7) is 2.18. The fourth-order valence-corrected chi connectivity index (χ4v) is 4.57. The number of aryl methyl sites for hydroxylation is 1. The van der Waals surface area contributed by atoms with Crippen LogP contribution < -0.4 is 9.47 Å². The third-order valence-electron chi connectivity index (χ3n) is 4.65. The minimum Gasteiger partial charge on any atom is -0.481 e. The highest BCUT2D eigenvalue weighted by molar-refractivity contribution is 7.99. The van der Waals surface area contributed by atoms with Crippen LogP contribution in [-0.4, -0.2) is 44.2 Å². The molecule has 1 atom stereocenters. The van der Waals surface area contributed by atoms with E-state index in [0.29, 0.717) is 46.6 Å². The molecule has 1 aliphatic rings. The number of nitrogens with one attached hydrogen (secondary N) is 1. The van der Waals surface area contributed by atoms with Crippen LogP contribution in [0.1, 0.15) is 54.5 Å². The monoisotopic (exact) mass is 454 g/mol. The topological polar surface area (TPSA) is 122 Å². The number of rotatable bonds is 11. The maximum atomic E-state index is 11.7. The fraction of sp³-hybridized carbons (Fsp3) is 0.450. The van der Waals surface area contributed by atoms with Crippen LogP contribution in [0.5, 0.6) is 11.5 Å². The number of halogens is 1. The first-order valence-electron chi connectivity index (χ1n) is 9.66. The van der Waals surface area contributed by atoms with E-state index in [0.717, 1.165) is 18.4 Å². The van der Waals surface area contributed by atoms with E-state index in [1.54, 1.807) is 12.1 Å². The molecule has 0 fully saturated rings. The lowest BCUT2D eigenvalue weighted by Crippen LogP contribution is -2.11. The molecular formula is C20H23ClN2O6S. The number of carboxylic acid groups (broad SMARTS) is 2. The molecule has 0 amide bonds. The molecule has 3 N–H and O–H groups in total. The van der Waals surface area contributed by atoms with E-state index in [9.17, 15) is 14.7 Å². The van der Waals surface area contributed by atoms with Crippen molar-refractivity contribution in [1.29, 1.82) is 0 Å². The van der Waals surface area contributed by atoms with Crippen molar-refractivity contribution in [3.8, 4) is 11.5 Å².